The number of imidazole rings is 1. The summed E-state index contributed by atoms with van der Waals surface area (Å²) in [4.78, 5) is 27.2. The molecule has 0 atom stereocenters. The van der Waals surface area contributed by atoms with E-state index in [1.54, 1.807) is 6.33 Å². The molecule has 1 N–H and O–H groups in total. The molecule has 0 radical (unpaired) electrons. The Morgan fingerprint density at radius 2 is 1.96 bits per heavy atom. The van der Waals surface area contributed by atoms with Gasteiger partial charge >= 0.3 is 0 Å². The molecule has 0 spiro atoms. The Bertz CT molecular complexity index is 789. The largest absolute Gasteiger partial charge is 0.354 e. The number of aryl methyl sites for hydroxylation is 1. The Morgan fingerprint density at radius 1 is 1.27 bits per heavy atom. The summed E-state index contributed by atoms with van der Waals surface area (Å²) < 4.78 is 17.1. The van der Waals surface area contributed by atoms with Crippen LogP contribution in [0, 0.1) is 5.41 Å². The second kappa shape index (κ2) is 6.81. The fourth-order valence-corrected chi connectivity index (χ4v) is 3.13. The summed E-state index contributed by atoms with van der Waals surface area (Å²) in [6.07, 6.45) is 3.98. The van der Waals surface area contributed by atoms with Crippen LogP contribution in [0.1, 0.15) is 40.5 Å². The first-order valence-corrected chi connectivity index (χ1v) is 9.11. The third kappa shape index (κ3) is 3.64. The molecular weight excluding hydrogens is 335 g/mol. The Labute approximate surface area is 153 Å². The number of amides is 1. The van der Waals surface area contributed by atoms with Crippen LogP contribution in [0.3, 0.4) is 0 Å². The van der Waals surface area contributed by atoms with E-state index >= 15 is 4.39 Å². The summed E-state index contributed by atoms with van der Waals surface area (Å²) in [6, 6.07) is 0. The van der Waals surface area contributed by atoms with Crippen LogP contribution in [0.5, 0.6) is 0 Å². The van der Waals surface area contributed by atoms with E-state index in [-0.39, 0.29) is 12.5 Å². The maximum Gasteiger partial charge on any atom is 0.225 e. The monoisotopic (exact) mass is 362 g/mol. The maximum atomic E-state index is 15.1. The van der Waals surface area contributed by atoms with E-state index in [0.717, 1.165) is 23.5 Å². The summed E-state index contributed by atoms with van der Waals surface area (Å²) in [5.74, 6) is 0.627. The van der Waals surface area contributed by atoms with E-state index < -0.39 is 11.1 Å². The zero-order valence-corrected chi connectivity index (χ0v) is 15.9. The summed E-state index contributed by atoms with van der Waals surface area (Å²) in [5, 5.41) is 2.75. The molecule has 1 aliphatic rings. The Morgan fingerprint density at radius 3 is 2.58 bits per heavy atom. The lowest BCUT2D eigenvalue weighted by Gasteiger charge is -2.37. The molecule has 1 aliphatic heterocycles. The van der Waals surface area contributed by atoms with Crippen molar-refractivity contribution >= 4 is 22.9 Å². The normalized spacial score (nSPS) is 17.5. The molecule has 26 heavy (non-hydrogen) atoms. The highest BCUT2D eigenvalue weighted by molar-refractivity contribution is 5.83. The van der Waals surface area contributed by atoms with Crippen LogP contribution in [-0.4, -0.2) is 50.7 Å². The van der Waals surface area contributed by atoms with Crippen molar-refractivity contribution in [3.63, 3.8) is 0 Å². The van der Waals surface area contributed by atoms with Gasteiger partial charge in [-0.15, -0.1) is 0 Å². The van der Waals surface area contributed by atoms with Crippen LogP contribution in [0.15, 0.2) is 12.7 Å². The van der Waals surface area contributed by atoms with Gasteiger partial charge in [-0.3, -0.25) is 4.79 Å². The van der Waals surface area contributed by atoms with Gasteiger partial charge in [0, 0.05) is 37.9 Å². The fourth-order valence-electron chi connectivity index (χ4n) is 3.13. The van der Waals surface area contributed by atoms with Gasteiger partial charge in [-0.2, -0.15) is 0 Å². The minimum Gasteiger partial charge on any atom is -0.354 e. The first-order valence-electron chi connectivity index (χ1n) is 9.11. The molecule has 1 saturated heterocycles. The Hall–Kier alpha value is -2.25. The molecule has 3 rings (SSSR count). The highest BCUT2D eigenvalue weighted by Gasteiger charge is 2.36. The minimum atomic E-state index is -1.38. The second-order valence-electron chi connectivity index (χ2n) is 7.97. The number of rotatable bonds is 4. The summed E-state index contributed by atoms with van der Waals surface area (Å²) in [7, 11) is 0. The number of hydrogen-bond donors (Lipinski definition) is 1. The van der Waals surface area contributed by atoms with Gasteiger partial charge in [0.05, 0.1) is 12.9 Å². The van der Waals surface area contributed by atoms with E-state index in [1.165, 1.54) is 6.33 Å². The summed E-state index contributed by atoms with van der Waals surface area (Å²) >= 11 is 0. The van der Waals surface area contributed by atoms with Gasteiger partial charge in [0.25, 0.3) is 0 Å². The van der Waals surface area contributed by atoms with Crippen molar-refractivity contribution in [2.24, 2.45) is 5.41 Å². The van der Waals surface area contributed by atoms with Crippen LogP contribution in [0.2, 0.25) is 0 Å². The molecule has 1 amide bonds. The lowest BCUT2D eigenvalue weighted by molar-refractivity contribution is -0.129. The van der Waals surface area contributed by atoms with Crippen molar-refractivity contribution in [3.8, 4) is 0 Å². The van der Waals surface area contributed by atoms with Crippen LogP contribution in [0.4, 0.5) is 10.2 Å². The molecular formula is C18H27FN6O. The van der Waals surface area contributed by atoms with Gasteiger partial charge < -0.3 is 14.8 Å². The topological polar surface area (TPSA) is 75.9 Å². The molecule has 1 fully saturated rings. The van der Waals surface area contributed by atoms with Gasteiger partial charge in [-0.1, -0.05) is 20.8 Å². The van der Waals surface area contributed by atoms with Gasteiger partial charge in [0.1, 0.15) is 12.0 Å². The molecule has 0 bridgehead atoms. The SMILES string of the molecule is CCn1cnc2c(N3CCC(F)(CNC(=O)C(C)(C)C)CC3)ncnc21. The smallest absolute Gasteiger partial charge is 0.225 e. The van der Waals surface area contributed by atoms with E-state index in [9.17, 15) is 4.79 Å². The molecule has 3 heterocycles. The standard InChI is InChI=1S/C18H27FN6O/c1-5-24-12-23-13-14(24)21-11-22-15(13)25-8-6-18(19,7-9-25)10-20-16(26)17(2,3)4/h11-12H,5-10H2,1-4H3,(H,20,26). The first kappa shape index (κ1) is 18.5. The number of hydrogen-bond acceptors (Lipinski definition) is 5. The number of piperidine rings is 1. The zero-order chi connectivity index (χ0) is 18.9. The van der Waals surface area contributed by atoms with Crippen LogP contribution >= 0.6 is 0 Å². The third-order valence-electron chi connectivity index (χ3n) is 4.93. The molecule has 2 aromatic heterocycles. The Balaban J connectivity index is 1.67. The number of fused-ring (bicyclic) bond motifs is 1. The number of alkyl halides is 1. The number of carbonyl (C=O) groups is 1. The lowest BCUT2D eigenvalue weighted by atomic mass is 9.91. The van der Waals surface area contributed by atoms with Gasteiger partial charge in [-0.05, 0) is 6.92 Å². The predicted molar refractivity (Wildman–Crippen MR) is 98.7 cm³/mol. The zero-order valence-electron chi connectivity index (χ0n) is 15.9. The van der Waals surface area contributed by atoms with E-state index in [2.05, 4.69) is 25.2 Å². The number of aromatic nitrogens is 4. The fraction of sp³-hybridized carbons (Fsp3) is 0.667. The van der Waals surface area contributed by atoms with Crippen molar-refractivity contribution in [3.05, 3.63) is 12.7 Å². The van der Waals surface area contributed by atoms with E-state index in [1.807, 2.05) is 32.3 Å². The first-order chi connectivity index (χ1) is 12.2. The molecule has 0 aromatic carbocycles. The average molecular weight is 362 g/mol. The number of anilines is 1. The third-order valence-corrected chi connectivity index (χ3v) is 4.93. The number of nitrogens with zero attached hydrogens (tertiary/aromatic N) is 5. The molecule has 142 valence electrons. The molecule has 0 saturated carbocycles. The Kier molecular flexibility index (Phi) is 4.86. The van der Waals surface area contributed by atoms with Gasteiger partial charge in [0.2, 0.25) is 5.91 Å². The molecule has 0 aliphatic carbocycles. The van der Waals surface area contributed by atoms with Crippen molar-refractivity contribution in [1.29, 1.82) is 0 Å². The highest BCUT2D eigenvalue weighted by Crippen LogP contribution is 2.31. The molecule has 2 aromatic rings. The quantitative estimate of drug-likeness (QED) is 0.903. The number of carbonyl (C=O) groups excluding carboxylic acids is 1. The molecule has 7 nitrogen and oxygen atoms in total. The number of halogens is 1. The maximum absolute atomic E-state index is 15.1. The van der Waals surface area contributed by atoms with Crippen LogP contribution < -0.4 is 10.2 Å². The van der Waals surface area contributed by atoms with E-state index in [4.69, 9.17) is 0 Å². The summed E-state index contributed by atoms with van der Waals surface area (Å²) in [5.41, 5.74) is -0.345. The highest BCUT2D eigenvalue weighted by atomic mass is 19.1. The second-order valence-corrected chi connectivity index (χ2v) is 7.97. The summed E-state index contributed by atoms with van der Waals surface area (Å²) in [6.45, 7) is 9.42. The van der Waals surface area contributed by atoms with Crippen LogP contribution in [0.25, 0.3) is 11.2 Å². The lowest BCUT2D eigenvalue weighted by Crippen LogP contribution is -2.50. The van der Waals surface area contributed by atoms with Crippen molar-refractivity contribution in [2.45, 2.75) is 52.8 Å². The average Bonchev–Trinajstić information content (AvgIpc) is 3.03. The predicted octanol–water partition coefficient (Wildman–Crippen LogP) is 2.32. The van der Waals surface area contributed by atoms with E-state index in [0.29, 0.717) is 25.9 Å². The van der Waals surface area contributed by atoms with Crippen molar-refractivity contribution in [2.75, 3.05) is 24.5 Å². The van der Waals surface area contributed by atoms with Crippen molar-refractivity contribution < 1.29 is 9.18 Å². The van der Waals surface area contributed by atoms with Gasteiger partial charge in [0.15, 0.2) is 17.0 Å². The molecule has 8 heteroatoms. The van der Waals surface area contributed by atoms with Crippen LogP contribution in [-0.2, 0) is 11.3 Å². The minimum absolute atomic E-state index is 0.0561. The van der Waals surface area contributed by atoms with Crippen molar-refractivity contribution in [1.82, 2.24) is 24.8 Å². The number of nitrogens with one attached hydrogen (secondary N) is 1. The molecule has 0 unspecified atom stereocenters. The van der Waals surface area contributed by atoms with Gasteiger partial charge in [-0.25, -0.2) is 19.3 Å².